The molecule has 2 rings (SSSR count). The zero-order chi connectivity index (χ0) is 15.6. The molecule has 0 aromatic heterocycles. The maximum atomic E-state index is 12.6. The van der Waals surface area contributed by atoms with Gasteiger partial charge >= 0.3 is 6.18 Å². The molecule has 1 atom stereocenters. The average molecular weight is 300 g/mol. The van der Waals surface area contributed by atoms with Crippen molar-refractivity contribution in [3.63, 3.8) is 0 Å². The van der Waals surface area contributed by atoms with E-state index in [2.05, 4.69) is 5.32 Å². The largest absolute Gasteiger partial charge is 0.416 e. The fraction of sp³-hybridized carbons (Fsp3) is 0.429. The minimum Gasteiger partial charge on any atom is -0.344 e. The number of amides is 2. The number of likely N-dealkylation sites (tertiary alicyclic amines) is 1. The third kappa shape index (κ3) is 3.74. The predicted molar refractivity (Wildman–Crippen MR) is 69.3 cm³/mol. The summed E-state index contributed by atoms with van der Waals surface area (Å²) in [4.78, 5) is 25.0. The van der Waals surface area contributed by atoms with Crippen molar-refractivity contribution in [1.29, 1.82) is 0 Å². The molecule has 1 heterocycles. The summed E-state index contributed by atoms with van der Waals surface area (Å²) < 4.78 is 37.7. The Kier molecular flexibility index (Phi) is 4.20. The molecule has 0 radical (unpaired) electrons. The second kappa shape index (κ2) is 5.75. The van der Waals surface area contributed by atoms with Gasteiger partial charge < -0.3 is 10.2 Å². The normalized spacial score (nSPS) is 19.0. The molecule has 1 fully saturated rings. The molecule has 0 saturated carbocycles. The van der Waals surface area contributed by atoms with Crippen molar-refractivity contribution in [1.82, 2.24) is 10.2 Å². The molecular formula is C14H15F3N2O2. The molecule has 1 N–H and O–H groups in total. The van der Waals surface area contributed by atoms with Crippen LogP contribution in [0.2, 0.25) is 0 Å². The maximum Gasteiger partial charge on any atom is 0.416 e. The Bertz CT molecular complexity index is 557. The quantitative estimate of drug-likeness (QED) is 0.921. The van der Waals surface area contributed by atoms with Gasteiger partial charge in [0, 0.05) is 13.6 Å². The van der Waals surface area contributed by atoms with Gasteiger partial charge in [0.1, 0.15) is 6.04 Å². The van der Waals surface area contributed by atoms with Gasteiger partial charge in [0.2, 0.25) is 11.8 Å². The first-order valence-electron chi connectivity index (χ1n) is 6.48. The highest BCUT2D eigenvalue weighted by Crippen LogP contribution is 2.29. The molecule has 1 aliphatic rings. The van der Waals surface area contributed by atoms with Crippen LogP contribution in [0.5, 0.6) is 0 Å². The summed E-state index contributed by atoms with van der Waals surface area (Å²) in [5, 5.41) is 2.55. The number of alkyl halides is 3. The van der Waals surface area contributed by atoms with Crippen molar-refractivity contribution >= 4 is 11.8 Å². The minimum absolute atomic E-state index is 0.174. The number of benzene rings is 1. The number of carbonyl (C=O) groups is 2. The molecule has 0 bridgehead atoms. The van der Waals surface area contributed by atoms with Crippen LogP contribution in [0.3, 0.4) is 0 Å². The molecule has 7 heteroatoms. The predicted octanol–water partition coefficient (Wildman–Crippen LogP) is 1.59. The average Bonchev–Trinajstić information content (AvgIpc) is 2.70. The van der Waals surface area contributed by atoms with Crippen LogP contribution in [0.1, 0.15) is 17.5 Å². The summed E-state index contributed by atoms with van der Waals surface area (Å²) in [5.74, 6) is -0.629. The van der Waals surface area contributed by atoms with Crippen LogP contribution in [0, 0.1) is 0 Å². The SMILES string of the molecule is CN1CCC(NC(=O)Cc2cccc(C(F)(F)F)c2)C1=O. The Morgan fingerprint density at radius 2 is 2.14 bits per heavy atom. The molecule has 1 unspecified atom stereocenters. The Morgan fingerprint density at radius 3 is 2.71 bits per heavy atom. The fourth-order valence-corrected chi connectivity index (χ4v) is 2.24. The third-order valence-corrected chi connectivity index (χ3v) is 3.38. The van der Waals surface area contributed by atoms with E-state index in [-0.39, 0.29) is 17.9 Å². The second-order valence-electron chi connectivity index (χ2n) is 5.04. The molecule has 1 aromatic rings. The van der Waals surface area contributed by atoms with Crippen molar-refractivity contribution in [2.45, 2.75) is 25.1 Å². The van der Waals surface area contributed by atoms with E-state index in [1.54, 1.807) is 7.05 Å². The molecule has 1 saturated heterocycles. The van der Waals surface area contributed by atoms with E-state index < -0.39 is 23.7 Å². The van der Waals surface area contributed by atoms with Crippen LogP contribution in [0.4, 0.5) is 13.2 Å². The van der Waals surface area contributed by atoms with Crippen molar-refractivity contribution in [3.05, 3.63) is 35.4 Å². The Morgan fingerprint density at radius 1 is 1.43 bits per heavy atom. The van der Waals surface area contributed by atoms with Crippen LogP contribution < -0.4 is 5.32 Å². The zero-order valence-electron chi connectivity index (χ0n) is 11.4. The van der Waals surface area contributed by atoms with E-state index in [0.717, 1.165) is 12.1 Å². The second-order valence-corrected chi connectivity index (χ2v) is 5.04. The highest BCUT2D eigenvalue weighted by atomic mass is 19.4. The van der Waals surface area contributed by atoms with Crippen LogP contribution in [0.25, 0.3) is 0 Å². The van der Waals surface area contributed by atoms with Gasteiger partial charge in [-0.25, -0.2) is 0 Å². The van der Waals surface area contributed by atoms with Crippen molar-refractivity contribution in [3.8, 4) is 0 Å². The lowest BCUT2D eigenvalue weighted by Gasteiger charge is -2.13. The molecule has 4 nitrogen and oxygen atoms in total. The minimum atomic E-state index is -4.43. The van der Waals surface area contributed by atoms with Crippen LogP contribution in [-0.4, -0.2) is 36.3 Å². The highest BCUT2D eigenvalue weighted by Gasteiger charge is 2.31. The Hall–Kier alpha value is -2.05. The van der Waals surface area contributed by atoms with Crippen molar-refractivity contribution in [2.24, 2.45) is 0 Å². The van der Waals surface area contributed by atoms with Gasteiger partial charge in [-0.1, -0.05) is 18.2 Å². The summed E-state index contributed by atoms with van der Waals surface area (Å²) >= 11 is 0. The number of hydrogen-bond acceptors (Lipinski definition) is 2. The molecule has 114 valence electrons. The number of hydrogen-bond donors (Lipinski definition) is 1. The zero-order valence-corrected chi connectivity index (χ0v) is 11.4. The van der Waals surface area contributed by atoms with E-state index in [1.807, 2.05) is 0 Å². The summed E-state index contributed by atoms with van der Waals surface area (Å²) in [6.07, 6.45) is -4.10. The van der Waals surface area contributed by atoms with Gasteiger partial charge in [0.15, 0.2) is 0 Å². The van der Waals surface area contributed by atoms with Gasteiger partial charge in [0.25, 0.3) is 0 Å². The summed E-state index contributed by atoms with van der Waals surface area (Å²) in [5.41, 5.74) is -0.523. The van der Waals surface area contributed by atoms with Crippen molar-refractivity contribution in [2.75, 3.05) is 13.6 Å². The van der Waals surface area contributed by atoms with Gasteiger partial charge in [-0.05, 0) is 18.1 Å². The summed E-state index contributed by atoms with van der Waals surface area (Å²) in [6.45, 7) is 0.563. The van der Waals surface area contributed by atoms with E-state index in [4.69, 9.17) is 0 Å². The number of likely N-dealkylation sites (N-methyl/N-ethyl adjacent to an activating group) is 1. The number of halogens is 3. The smallest absolute Gasteiger partial charge is 0.344 e. The lowest BCUT2D eigenvalue weighted by Crippen LogP contribution is -2.41. The summed E-state index contributed by atoms with van der Waals surface area (Å²) in [6, 6.07) is 4.05. The molecule has 1 aromatic carbocycles. The number of rotatable bonds is 3. The first kappa shape index (κ1) is 15.3. The van der Waals surface area contributed by atoms with Gasteiger partial charge in [-0.2, -0.15) is 13.2 Å². The highest BCUT2D eigenvalue weighted by molar-refractivity contribution is 5.89. The van der Waals surface area contributed by atoms with E-state index in [1.165, 1.54) is 17.0 Å². The monoisotopic (exact) mass is 300 g/mol. The molecule has 21 heavy (non-hydrogen) atoms. The molecular weight excluding hydrogens is 285 g/mol. The van der Waals surface area contributed by atoms with Crippen molar-refractivity contribution < 1.29 is 22.8 Å². The van der Waals surface area contributed by atoms with Crippen LogP contribution in [0.15, 0.2) is 24.3 Å². The molecule has 1 aliphatic heterocycles. The van der Waals surface area contributed by atoms with Crippen LogP contribution in [-0.2, 0) is 22.2 Å². The molecule has 0 spiro atoms. The van der Waals surface area contributed by atoms with Gasteiger partial charge in [-0.15, -0.1) is 0 Å². The first-order valence-corrected chi connectivity index (χ1v) is 6.48. The number of carbonyl (C=O) groups excluding carboxylic acids is 2. The van der Waals surface area contributed by atoms with Crippen LogP contribution >= 0.6 is 0 Å². The molecule has 2 amide bonds. The van der Waals surface area contributed by atoms with Gasteiger partial charge in [0.05, 0.1) is 12.0 Å². The topological polar surface area (TPSA) is 49.4 Å². The summed E-state index contributed by atoms with van der Waals surface area (Å²) in [7, 11) is 1.64. The number of nitrogens with zero attached hydrogens (tertiary/aromatic N) is 1. The van der Waals surface area contributed by atoms with Gasteiger partial charge in [-0.3, -0.25) is 9.59 Å². The van der Waals surface area contributed by atoms with E-state index in [9.17, 15) is 22.8 Å². The third-order valence-electron chi connectivity index (χ3n) is 3.38. The molecule has 0 aliphatic carbocycles. The first-order chi connectivity index (χ1) is 9.77. The Labute approximate surface area is 119 Å². The standard InChI is InChI=1S/C14H15F3N2O2/c1-19-6-5-11(13(19)21)18-12(20)8-9-3-2-4-10(7-9)14(15,16)17/h2-4,7,11H,5-6,8H2,1H3,(H,18,20). The van der Waals surface area contributed by atoms with E-state index in [0.29, 0.717) is 13.0 Å². The van der Waals surface area contributed by atoms with E-state index >= 15 is 0 Å². The lowest BCUT2D eigenvalue weighted by molar-refractivity contribution is -0.137. The number of nitrogens with one attached hydrogen (secondary N) is 1. The fourth-order valence-electron chi connectivity index (χ4n) is 2.24. The maximum absolute atomic E-state index is 12.6. The lowest BCUT2D eigenvalue weighted by atomic mass is 10.1. The Balaban J connectivity index is 1.99.